The fourth-order valence-electron chi connectivity index (χ4n) is 2.84. The van der Waals surface area contributed by atoms with Gasteiger partial charge in [0, 0.05) is 25.2 Å². The summed E-state index contributed by atoms with van der Waals surface area (Å²) in [5.41, 5.74) is 1.62. The van der Waals surface area contributed by atoms with Crippen molar-refractivity contribution < 1.29 is 0 Å². The van der Waals surface area contributed by atoms with Crippen molar-refractivity contribution in [2.75, 3.05) is 13.1 Å². The summed E-state index contributed by atoms with van der Waals surface area (Å²) in [6.07, 6.45) is 16.7. The van der Waals surface area contributed by atoms with Crippen LogP contribution in [0.3, 0.4) is 0 Å². The smallest absolute Gasteiger partial charge is 0.0175 e. The van der Waals surface area contributed by atoms with E-state index in [0.29, 0.717) is 0 Å². The highest BCUT2D eigenvalue weighted by Crippen LogP contribution is 2.32. The molecule has 1 nitrogen and oxygen atoms in total. The van der Waals surface area contributed by atoms with E-state index < -0.39 is 0 Å². The standard InChI is InChI=1S/C14H21N/c1-2-3-8-13-9-4-5-10-14(13)15-11-6-7-12-15/h1,10,13H,3-9,11-12H2. The molecular formula is C14H21N. The summed E-state index contributed by atoms with van der Waals surface area (Å²) < 4.78 is 0. The number of allylic oxidation sites excluding steroid dienone is 2. The largest absolute Gasteiger partial charge is 0.375 e. The molecule has 15 heavy (non-hydrogen) atoms. The lowest BCUT2D eigenvalue weighted by molar-refractivity contribution is 0.322. The topological polar surface area (TPSA) is 3.24 Å². The Labute approximate surface area is 93.5 Å². The van der Waals surface area contributed by atoms with E-state index >= 15 is 0 Å². The molecule has 1 aliphatic carbocycles. The molecule has 0 amide bonds. The lowest BCUT2D eigenvalue weighted by atomic mass is 9.88. The summed E-state index contributed by atoms with van der Waals surface area (Å²) in [6, 6.07) is 0. The third-order valence-corrected chi connectivity index (χ3v) is 3.64. The molecule has 0 aromatic heterocycles. The van der Waals surface area contributed by atoms with Gasteiger partial charge in [-0.2, -0.15) is 0 Å². The van der Waals surface area contributed by atoms with Crippen molar-refractivity contribution in [3.63, 3.8) is 0 Å². The number of nitrogens with zero attached hydrogens (tertiary/aromatic N) is 1. The summed E-state index contributed by atoms with van der Waals surface area (Å²) in [6.45, 7) is 2.55. The van der Waals surface area contributed by atoms with Crippen LogP contribution in [0.25, 0.3) is 0 Å². The van der Waals surface area contributed by atoms with Crippen molar-refractivity contribution in [3.05, 3.63) is 11.8 Å². The number of hydrogen-bond acceptors (Lipinski definition) is 1. The van der Waals surface area contributed by atoms with Gasteiger partial charge >= 0.3 is 0 Å². The first kappa shape index (κ1) is 10.6. The van der Waals surface area contributed by atoms with Crippen LogP contribution in [0.1, 0.15) is 44.9 Å². The Morgan fingerprint density at radius 2 is 2.13 bits per heavy atom. The molecule has 0 bridgehead atoms. The van der Waals surface area contributed by atoms with Gasteiger partial charge in [0.25, 0.3) is 0 Å². The van der Waals surface area contributed by atoms with Gasteiger partial charge in [-0.05, 0) is 44.4 Å². The summed E-state index contributed by atoms with van der Waals surface area (Å²) in [4.78, 5) is 2.60. The minimum Gasteiger partial charge on any atom is -0.375 e. The maximum absolute atomic E-state index is 5.36. The van der Waals surface area contributed by atoms with Gasteiger partial charge in [-0.1, -0.05) is 6.08 Å². The molecule has 1 heteroatoms. The van der Waals surface area contributed by atoms with E-state index in [0.717, 1.165) is 12.3 Å². The van der Waals surface area contributed by atoms with Gasteiger partial charge in [0.05, 0.1) is 0 Å². The molecule has 1 atom stereocenters. The second-order valence-electron chi connectivity index (χ2n) is 4.69. The third kappa shape index (κ3) is 2.56. The Kier molecular flexibility index (Phi) is 3.72. The average Bonchev–Trinajstić information content (AvgIpc) is 2.80. The van der Waals surface area contributed by atoms with Gasteiger partial charge < -0.3 is 4.90 Å². The number of rotatable bonds is 3. The Morgan fingerprint density at radius 1 is 1.33 bits per heavy atom. The molecule has 2 rings (SSSR count). The molecule has 0 radical (unpaired) electrons. The fourth-order valence-corrected chi connectivity index (χ4v) is 2.84. The van der Waals surface area contributed by atoms with Crippen LogP contribution in [0.5, 0.6) is 0 Å². The van der Waals surface area contributed by atoms with Crippen LogP contribution in [-0.2, 0) is 0 Å². The van der Waals surface area contributed by atoms with E-state index in [1.807, 2.05) is 0 Å². The summed E-state index contributed by atoms with van der Waals surface area (Å²) >= 11 is 0. The monoisotopic (exact) mass is 203 g/mol. The third-order valence-electron chi connectivity index (χ3n) is 3.64. The minimum absolute atomic E-state index is 0.757. The van der Waals surface area contributed by atoms with Crippen LogP contribution in [0.4, 0.5) is 0 Å². The van der Waals surface area contributed by atoms with E-state index in [1.54, 1.807) is 5.70 Å². The molecule has 0 N–H and O–H groups in total. The summed E-state index contributed by atoms with van der Waals surface area (Å²) in [5, 5.41) is 0. The molecule has 1 heterocycles. The van der Waals surface area contributed by atoms with E-state index in [9.17, 15) is 0 Å². The summed E-state index contributed by atoms with van der Waals surface area (Å²) in [7, 11) is 0. The molecule has 1 aliphatic heterocycles. The molecule has 1 fully saturated rings. The first-order valence-corrected chi connectivity index (χ1v) is 6.30. The van der Waals surface area contributed by atoms with Gasteiger partial charge in [-0.25, -0.2) is 0 Å². The minimum atomic E-state index is 0.757. The zero-order valence-electron chi connectivity index (χ0n) is 9.54. The van der Waals surface area contributed by atoms with Gasteiger partial charge in [0.1, 0.15) is 0 Å². The van der Waals surface area contributed by atoms with Crippen LogP contribution in [0, 0.1) is 18.3 Å². The molecule has 1 unspecified atom stereocenters. The predicted octanol–water partition coefficient (Wildman–Crippen LogP) is 3.18. The zero-order chi connectivity index (χ0) is 10.5. The predicted molar refractivity (Wildman–Crippen MR) is 64.3 cm³/mol. The van der Waals surface area contributed by atoms with Gasteiger partial charge in [0.15, 0.2) is 0 Å². The Morgan fingerprint density at radius 3 is 2.87 bits per heavy atom. The molecule has 0 aromatic rings. The molecular weight excluding hydrogens is 182 g/mol. The Bertz CT molecular complexity index is 266. The highest BCUT2D eigenvalue weighted by molar-refractivity contribution is 5.11. The first-order chi connectivity index (χ1) is 7.42. The lowest BCUT2D eigenvalue weighted by Crippen LogP contribution is -2.26. The van der Waals surface area contributed by atoms with Crippen molar-refractivity contribution in [2.24, 2.45) is 5.92 Å². The second kappa shape index (κ2) is 5.26. The van der Waals surface area contributed by atoms with E-state index in [4.69, 9.17) is 6.42 Å². The molecule has 82 valence electrons. The van der Waals surface area contributed by atoms with E-state index in [-0.39, 0.29) is 0 Å². The fraction of sp³-hybridized carbons (Fsp3) is 0.714. The van der Waals surface area contributed by atoms with Gasteiger partial charge in [-0.3, -0.25) is 0 Å². The lowest BCUT2D eigenvalue weighted by Gasteiger charge is -2.31. The average molecular weight is 203 g/mol. The van der Waals surface area contributed by atoms with Crippen molar-refractivity contribution in [3.8, 4) is 12.3 Å². The SMILES string of the molecule is C#CCCC1CCCC=C1N1CCCC1. The van der Waals surface area contributed by atoms with E-state index in [2.05, 4.69) is 16.9 Å². The van der Waals surface area contributed by atoms with E-state index in [1.165, 1.54) is 51.6 Å². The second-order valence-corrected chi connectivity index (χ2v) is 4.69. The zero-order valence-corrected chi connectivity index (χ0v) is 9.54. The highest BCUT2D eigenvalue weighted by atomic mass is 15.2. The maximum Gasteiger partial charge on any atom is 0.0175 e. The Hall–Kier alpha value is -0.900. The molecule has 2 aliphatic rings. The van der Waals surface area contributed by atoms with Crippen molar-refractivity contribution >= 4 is 0 Å². The first-order valence-electron chi connectivity index (χ1n) is 6.30. The molecule has 0 spiro atoms. The maximum atomic E-state index is 5.36. The van der Waals surface area contributed by atoms with Crippen LogP contribution in [-0.4, -0.2) is 18.0 Å². The Balaban J connectivity index is 1.98. The number of likely N-dealkylation sites (tertiary alicyclic amines) is 1. The van der Waals surface area contributed by atoms with Crippen LogP contribution in [0.15, 0.2) is 11.8 Å². The van der Waals surface area contributed by atoms with Crippen LogP contribution >= 0.6 is 0 Å². The quantitative estimate of drug-likeness (QED) is 0.637. The van der Waals surface area contributed by atoms with Crippen LogP contribution in [0.2, 0.25) is 0 Å². The van der Waals surface area contributed by atoms with Crippen LogP contribution < -0.4 is 0 Å². The van der Waals surface area contributed by atoms with Crippen molar-refractivity contribution in [1.29, 1.82) is 0 Å². The molecule has 1 saturated heterocycles. The highest BCUT2D eigenvalue weighted by Gasteiger charge is 2.23. The summed E-state index contributed by atoms with van der Waals surface area (Å²) in [5.74, 6) is 3.54. The number of hydrogen-bond donors (Lipinski definition) is 0. The molecule has 0 saturated carbocycles. The van der Waals surface area contributed by atoms with Gasteiger partial charge in [0.2, 0.25) is 0 Å². The van der Waals surface area contributed by atoms with Gasteiger partial charge in [-0.15, -0.1) is 12.3 Å². The molecule has 0 aromatic carbocycles. The normalized spacial score (nSPS) is 26.2. The van der Waals surface area contributed by atoms with Crippen molar-refractivity contribution in [1.82, 2.24) is 4.90 Å². The number of terminal acetylenes is 1. The van der Waals surface area contributed by atoms with Crippen molar-refractivity contribution in [2.45, 2.75) is 44.9 Å².